The Morgan fingerprint density at radius 1 is 1.07 bits per heavy atom. The van der Waals surface area contributed by atoms with E-state index in [1.165, 1.54) is 5.56 Å². The summed E-state index contributed by atoms with van der Waals surface area (Å²) in [6, 6.07) is 16.9. The number of hydrogen-bond donors (Lipinski definition) is 1. The second-order valence-corrected chi connectivity index (χ2v) is 11.5. The largest absolute Gasteiger partial charge is 0.497 e. The summed E-state index contributed by atoms with van der Waals surface area (Å²) in [5.74, 6) is 1.37. The van der Waals surface area contributed by atoms with Gasteiger partial charge < -0.3 is 19.1 Å². The number of ether oxygens (including phenoxy) is 2. The van der Waals surface area contributed by atoms with Gasteiger partial charge in [0, 0.05) is 37.4 Å². The topological polar surface area (TPSA) is 87.2 Å². The third kappa shape index (κ3) is 4.75. The van der Waals surface area contributed by atoms with E-state index < -0.39 is 5.60 Å². The minimum Gasteiger partial charge on any atom is -0.497 e. The number of pyridine rings is 1. The average Bonchev–Trinajstić information content (AvgIpc) is 3.46. The fourth-order valence-electron chi connectivity index (χ4n) is 6.12. The third-order valence-corrected chi connectivity index (χ3v) is 8.32. The van der Waals surface area contributed by atoms with Crippen molar-refractivity contribution < 1.29 is 14.6 Å². The van der Waals surface area contributed by atoms with E-state index in [9.17, 15) is 5.11 Å². The minimum absolute atomic E-state index is 0.0499. The lowest BCUT2D eigenvalue weighted by molar-refractivity contribution is 0.0609. The predicted molar refractivity (Wildman–Crippen MR) is 157 cm³/mol. The Morgan fingerprint density at radius 3 is 2.48 bits per heavy atom. The van der Waals surface area contributed by atoms with Crippen LogP contribution in [0.4, 0.5) is 0 Å². The van der Waals surface area contributed by atoms with E-state index >= 15 is 0 Å². The lowest BCUT2D eigenvalue weighted by Gasteiger charge is -2.29. The van der Waals surface area contributed by atoms with Gasteiger partial charge in [-0.15, -0.1) is 5.10 Å². The van der Waals surface area contributed by atoms with Gasteiger partial charge in [-0.05, 0) is 81.3 Å². The van der Waals surface area contributed by atoms with Gasteiger partial charge in [-0.2, -0.15) is 0 Å². The van der Waals surface area contributed by atoms with Gasteiger partial charge in [-0.3, -0.25) is 4.98 Å². The van der Waals surface area contributed by atoms with Crippen molar-refractivity contribution in [1.82, 2.24) is 24.5 Å². The first-order valence-corrected chi connectivity index (χ1v) is 14.0. The highest BCUT2D eigenvalue weighted by Gasteiger charge is 2.27. The van der Waals surface area contributed by atoms with Crippen LogP contribution in [0.5, 0.6) is 5.75 Å². The summed E-state index contributed by atoms with van der Waals surface area (Å²) in [4.78, 5) is 5.02. The van der Waals surface area contributed by atoms with Crippen LogP contribution in [0.1, 0.15) is 56.0 Å². The zero-order valence-electron chi connectivity index (χ0n) is 23.9. The Kier molecular flexibility index (Phi) is 6.84. The number of aryl methyl sites for hydroxylation is 2. The van der Waals surface area contributed by atoms with Crippen molar-refractivity contribution >= 4 is 21.9 Å². The zero-order chi connectivity index (χ0) is 28.0. The van der Waals surface area contributed by atoms with E-state index in [0.717, 1.165) is 82.7 Å². The highest BCUT2D eigenvalue weighted by atomic mass is 16.5. The molecule has 2 aromatic carbocycles. The summed E-state index contributed by atoms with van der Waals surface area (Å²) in [5.41, 5.74) is 6.96. The lowest BCUT2D eigenvalue weighted by atomic mass is 9.89. The molecule has 1 fully saturated rings. The molecule has 0 bridgehead atoms. The monoisotopic (exact) mass is 539 g/mol. The molecule has 8 heteroatoms. The molecule has 40 heavy (non-hydrogen) atoms. The molecule has 1 atom stereocenters. The SMILES string of the molecule is COc1ccc(C(CC2CCOCC2)n2c3cc(C(C)(C)O)ccc3c3ncc(-c4c(C)nnn4C)cc32)cc1. The summed E-state index contributed by atoms with van der Waals surface area (Å²) >= 11 is 0. The van der Waals surface area contributed by atoms with E-state index in [4.69, 9.17) is 14.5 Å². The van der Waals surface area contributed by atoms with Gasteiger partial charge in [0.25, 0.3) is 0 Å². The molecule has 1 N–H and O–H groups in total. The van der Waals surface area contributed by atoms with Crippen molar-refractivity contribution in [2.24, 2.45) is 13.0 Å². The summed E-state index contributed by atoms with van der Waals surface area (Å²) in [6.45, 7) is 7.24. The van der Waals surface area contributed by atoms with Crippen LogP contribution in [0, 0.1) is 12.8 Å². The number of methoxy groups -OCH3 is 1. The van der Waals surface area contributed by atoms with E-state index in [0.29, 0.717) is 5.92 Å². The van der Waals surface area contributed by atoms with Crippen molar-refractivity contribution in [2.45, 2.75) is 51.7 Å². The maximum absolute atomic E-state index is 10.9. The summed E-state index contributed by atoms with van der Waals surface area (Å²) in [6.07, 6.45) is 4.98. The highest BCUT2D eigenvalue weighted by molar-refractivity contribution is 6.07. The normalized spacial score (nSPS) is 15.7. The molecule has 1 saturated heterocycles. The molecule has 4 heterocycles. The summed E-state index contributed by atoms with van der Waals surface area (Å²) < 4.78 is 15.4. The van der Waals surface area contributed by atoms with E-state index in [1.807, 2.05) is 52.2 Å². The molecule has 1 aliphatic rings. The fraction of sp³-hybridized carbons (Fsp3) is 0.406. The van der Waals surface area contributed by atoms with Gasteiger partial charge in [0.15, 0.2) is 0 Å². The Labute approximate surface area is 234 Å². The molecule has 0 radical (unpaired) electrons. The first-order valence-electron chi connectivity index (χ1n) is 14.0. The number of fused-ring (bicyclic) bond motifs is 3. The molecule has 6 rings (SSSR count). The molecule has 5 aromatic rings. The molecule has 3 aromatic heterocycles. The summed E-state index contributed by atoms with van der Waals surface area (Å²) in [5, 5.41) is 20.5. The number of rotatable bonds is 7. The van der Waals surface area contributed by atoms with Gasteiger partial charge in [0.1, 0.15) is 5.75 Å². The Hall–Kier alpha value is -3.75. The smallest absolute Gasteiger partial charge is 0.118 e. The van der Waals surface area contributed by atoms with Gasteiger partial charge in [-0.25, -0.2) is 4.68 Å². The second-order valence-electron chi connectivity index (χ2n) is 11.5. The number of aliphatic hydroxyl groups is 1. The summed E-state index contributed by atoms with van der Waals surface area (Å²) in [7, 11) is 3.61. The van der Waals surface area contributed by atoms with Crippen molar-refractivity contribution in [2.75, 3.05) is 20.3 Å². The predicted octanol–water partition coefficient (Wildman–Crippen LogP) is 5.94. The van der Waals surface area contributed by atoms with Crippen molar-refractivity contribution in [3.8, 4) is 17.0 Å². The highest BCUT2D eigenvalue weighted by Crippen LogP contribution is 2.40. The van der Waals surface area contributed by atoms with Crippen LogP contribution in [0.3, 0.4) is 0 Å². The first-order chi connectivity index (χ1) is 19.2. The Balaban J connectivity index is 1.63. The molecular formula is C32H37N5O3. The van der Waals surface area contributed by atoms with E-state index in [2.05, 4.69) is 45.2 Å². The van der Waals surface area contributed by atoms with Gasteiger partial charge in [0.2, 0.25) is 0 Å². The van der Waals surface area contributed by atoms with Crippen LogP contribution >= 0.6 is 0 Å². The molecule has 0 amide bonds. The van der Waals surface area contributed by atoms with E-state index in [1.54, 1.807) is 11.8 Å². The van der Waals surface area contributed by atoms with Crippen molar-refractivity contribution in [3.63, 3.8) is 0 Å². The van der Waals surface area contributed by atoms with Crippen molar-refractivity contribution in [1.29, 1.82) is 0 Å². The number of benzene rings is 2. The maximum atomic E-state index is 10.9. The maximum Gasteiger partial charge on any atom is 0.118 e. The molecule has 208 valence electrons. The average molecular weight is 540 g/mol. The van der Waals surface area contributed by atoms with Gasteiger partial charge in [0.05, 0.1) is 46.7 Å². The molecular weight excluding hydrogens is 502 g/mol. The fourth-order valence-corrected chi connectivity index (χ4v) is 6.12. The molecule has 8 nitrogen and oxygen atoms in total. The molecule has 1 aliphatic heterocycles. The third-order valence-electron chi connectivity index (χ3n) is 8.32. The first kappa shape index (κ1) is 26.5. The van der Waals surface area contributed by atoms with E-state index in [-0.39, 0.29) is 6.04 Å². The molecule has 0 aliphatic carbocycles. The Bertz CT molecular complexity index is 1640. The van der Waals surface area contributed by atoms with Gasteiger partial charge >= 0.3 is 0 Å². The van der Waals surface area contributed by atoms with Crippen molar-refractivity contribution in [3.05, 3.63) is 71.5 Å². The number of hydrogen-bond acceptors (Lipinski definition) is 6. The molecule has 0 saturated carbocycles. The number of aromatic nitrogens is 5. The van der Waals surface area contributed by atoms with Crippen LogP contribution in [0.2, 0.25) is 0 Å². The minimum atomic E-state index is -0.970. The standard InChI is InChI=1S/C32H37N5O3/c1-20-31(36(4)35-34-20)23-17-29-30(33-19-23)26-11-8-24(32(2,3)38)18-28(26)37(29)27(16-21-12-14-40-15-13-21)22-6-9-25(39-5)10-7-22/h6-11,17-19,21,27,38H,12-16H2,1-5H3. The van der Waals surface area contributed by atoms with Crippen LogP contribution in [0.15, 0.2) is 54.7 Å². The van der Waals surface area contributed by atoms with Crippen LogP contribution in [0.25, 0.3) is 33.2 Å². The quantitative estimate of drug-likeness (QED) is 0.276. The van der Waals surface area contributed by atoms with Crippen LogP contribution in [-0.4, -0.2) is 50.0 Å². The van der Waals surface area contributed by atoms with Gasteiger partial charge in [-0.1, -0.05) is 29.5 Å². The number of nitrogens with zero attached hydrogens (tertiary/aromatic N) is 5. The molecule has 1 unspecified atom stereocenters. The second kappa shape index (κ2) is 10.3. The van der Waals surface area contributed by atoms with Crippen LogP contribution < -0.4 is 4.74 Å². The molecule has 0 spiro atoms. The zero-order valence-corrected chi connectivity index (χ0v) is 23.9. The lowest BCUT2D eigenvalue weighted by Crippen LogP contribution is -2.21. The van der Waals surface area contributed by atoms with Crippen LogP contribution in [-0.2, 0) is 17.4 Å². The Morgan fingerprint density at radius 2 is 1.82 bits per heavy atom.